The normalized spacial score (nSPS) is 14.3. The number of hydrogen-bond acceptors (Lipinski definition) is 5. The highest BCUT2D eigenvalue weighted by molar-refractivity contribution is 5.71. The van der Waals surface area contributed by atoms with Crippen molar-refractivity contribution in [2.75, 3.05) is 13.7 Å². The number of carbonyl (C=O) groups is 1. The molecule has 1 aromatic rings. The Balaban J connectivity index is 2.30. The molecule has 0 heterocycles. The number of nitro benzene ring substituents is 1. The summed E-state index contributed by atoms with van der Waals surface area (Å²) < 4.78 is 23.5. The first-order valence-corrected chi connectivity index (χ1v) is 7.38. The lowest BCUT2D eigenvalue weighted by atomic mass is 9.93. The minimum absolute atomic E-state index is 0.427. The SMILES string of the molecule is COC(=O)COc1c(F)cc(C=C2CCCCC2)cc1[N+](=O)[O-]. The van der Waals surface area contributed by atoms with Gasteiger partial charge in [-0.1, -0.05) is 18.1 Å². The molecule has 0 spiro atoms. The average molecular weight is 323 g/mol. The Hall–Kier alpha value is -2.44. The third-order valence-electron chi connectivity index (χ3n) is 3.67. The zero-order chi connectivity index (χ0) is 16.8. The van der Waals surface area contributed by atoms with Gasteiger partial charge in [-0.15, -0.1) is 0 Å². The van der Waals surface area contributed by atoms with Gasteiger partial charge in [-0.2, -0.15) is 0 Å². The summed E-state index contributed by atoms with van der Waals surface area (Å²) in [5.74, 6) is -2.16. The number of allylic oxidation sites excluding steroid dienone is 1. The molecule has 2 rings (SSSR count). The first-order valence-electron chi connectivity index (χ1n) is 7.38. The highest BCUT2D eigenvalue weighted by Gasteiger charge is 2.22. The summed E-state index contributed by atoms with van der Waals surface area (Å²) >= 11 is 0. The van der Waals surface area contributed by atoms with Crippen LogP contribution in [0.5, 0.6) is 5.75 Å². The van der Waals surface area contributed by atoms with E-state index in [9.17, 15) is 19.3 Å². The molecule has 0 bridgehead atoms. The van der Waals surface area contributed by atoms with E-state index >= 15 is 0 Å². The fourth-order valence-corrected chi connectivity index (χ4v) is 2.54. The van der Waals surface area contributed by atoms with E-state index in [1.54, 1.807) is 6.08 Å². The quantitative estimate of drug-likeness (QED) is 0.469. The Morgan fingerprint density at radius 3 is 2.65 bits per heavy atom. The van der Waals surface area contributed by atoms with Crippen LogP contribution in [0.15, 0.2) is 17.7 Å². The lowest BCUT2D eigenvalue weighted by Gasteiger charge is -2.13. The molecule has 0 aliphatic heterocycles. The summed E-state index contributed by atoms with van der Waals surface area (Å²) in [6, 6.07) is 2.44. The average Bonchev–Trinajstić information content (AvgIpc) is 2.54. The van der Waals surface area contributed by atoms with Gasteiger partial charge in [-0.3, -0.25) is 10.1 Å². The molecular formula is C16H18FNO5. The fourth-order valence-electron chi connectivity index (χ4n) is 2.54. The van der Waals surface area contributed by atoms with E-state index < -0.39 is 34.8 Å². The van der Waals surface area contributed by atoms with Gasteiger partial charge in [-0.05, 0) is 37.3 Å². The van der Waals surface area contributed by atoms with Crippen LogP contribution in [0, 0.1) is 15.9 Å². The standard InChI is InChI=1S/C16H18FNO5/c1-22-15(19)10-23-16-13(17)8-12(9-14(16)18(20)21)7-11-5-3-2-4-6-11/h7-9H,2-6,10H2,1H3. The van der Waals surface area contributed by atoms with Crippen LogP contribution in [-0.4, -0.2) is 24.6 Å². The van der Waals surface area contributed by atoms with E-state index in [4.69, 9.17) is 4.74 Å². The number of hydrogen-bond donors (Lipinski definition) is 0. The van der Waals surface area contributed by atoms with E-state index in [0.717, 1.165) is 38.4 Å². The second kappa shape index (κ2) is 7.71. The smallest absolute Gasteiger partial charge is 0.343 e. The molecular weight excluding hydrogens is 305 g/mol. The third kappa shape index (κ3) is 4.51. The van der Waals surface area contributed by atoms with Gasteiger partial charge in [0.05, 0.1) is 12.0 Å². The predicted octanol–water partition coefficient (Wildman–Crippen LogP) is 3.63. The van der Waals surface area contributed by atoms with E-state index in [0.29, 0.717) is 5.56 Å². The van der Waals surface area contributed by atoms with Crippen molar-refractivity contribution in [1.29, 1.82) is 0 Å². The van der Waals surface area contributed by atoms with Gasteiger partial charge in [-0.25, -0.2) is 9.18 Å². The van der Waals surface area contributed by atoms with Crippen LogP contribution in [0.25, 0.3) is 6.08 Å². The molecule has 0 atom stereocenters. The first-order chi connectivity index (χ1) is 11.0. The molecule has 0 N–H and O–H groups in total. The summed E-state index contributed by atoms with van der Waals surface area (Å²) in [5.41, 5.74) is 1.08. The number of benzene rings is 1. The number of esters is 1. The Bertz CT molecular complexity index is 634. The van der Waals surface area contributed by atoms with Crippen molar-refractivity contribution in [1.82, 2.24) is 0 Å². The van der Waals surface area contributed by atoms with Crippen LogP contribution >= 0.6 is 0 Å². The number of halogens is 1. The van der Waals surface area contributed by atoms with Crippen LogP contribution < -0.4 is 4.74 Å². The summed E-state index contributed by atoms with van der Waals surface area (Å²) in [5, 5.41) is 11.2. The van der Waals surface area contributed by atoms with Crippen molar-refractivity contribution >= 4 is 17.7 Å². The van der Waals surface area contributed by atoms with Gasteiger partial charge in [0, 0.05) is 6.07 Å². The second-order valence-corrected chi connectivity index (χ2v) is 5.34. The molecule has 1 saturated carbocycles. The molecule has 1 aliphatic rings. The highest BCUT2D eigenvalue weighted by Crippen LogP contribution is 2.33. The summed E-state index contributed by atoms with van der Waals surface area (Å²) in [6.07, 6.45) is 6.98. The number of nitrogens with zero attached hydrogens (tertiary/aromatic N) is 1. The molecule has 23 heavy (non-hydrogen) atoms. The molecule has 0 aromatic heterocycles. The molecule has 1 fully saturated rings. The highest BCUT2D eigenvalue weighted by atomic mass is 19.1. The van der Waals surface area contributed by atoms with E-state index in [1.165, 1.54) is 18.6 Å². The monoisotopic (exact) mass is 323 g/mol. The zero-order valence-corrected chi connectivity index (χ0v) is 12.8. The minimum Gasteiger partial charge on any atom is -0.473 e. The van der Waals surface area contributed by atoms with Crippen LogP contribution in [0.3, 0.4) is 0 Å². The van der Waals surface area contributed by atoms with Crippen molar-refractivity contribution in [3.8, 4) is 5.75 Å². The first kappa shape index (κ1) is 16.9. The Kier molecular flexibility index (Phi) is 5.67. The molecule has 0 radical (unpaired) electrons. The lowest BCUT2D eigenvalue weighted by molar-refractivity contribution is -0.386. The number of rotatable bonds is 5. The largest absolute Gasteiger partial charge is 0.473 e. The van der Waals surface area contributed by atoms with Gasteiger partial charge < -0.3 is 9.47 Å². The summed E-state index contributed by atoms with van der Waals surface area (Å²) in [7, 11) is 1.15. The van der Waals surface area contributed by atoms with Gasteiger partial charge in [0.1, 0.15) is 0 Å². The van der Waals surface area contributed by atoms with Crippen molar-refractivity contribution < 1.29 is 23.6 Å². The fraction of sp³-hybridized carbons (Fsp3) is 0.438. The number of carbonyl (C=O) groups excluding carboxylic acids is 1. The minimum atomic E-state index is -0.870. The Morgan fingerprint density at radius 1 is 1.35 bits per heavy atom. The number of nitro groups is 1. The van der Waals surface area contributed by atoms with Crippen molar-refractivity contribution in [2.45, 2.75) is 32.1 Å². The molecule has 1 aliphatic carbocycles. The maximum atomic E-state index is 14.2. The molecule has 7 heteroatoms. The molecule has 124 valence electrons. The molecule has 0 amide bonds. The third-order valence-corrected chi connectivity index (χ3v) is 3.67. The zero-order valence-electron chi connectivity index (χ0n) is 12.8. The second-order valence-electron chi connectivity index (χ2n) is 5.34. The molecule has 0 saturated heterocycles. The van der Waals surface area contributed by atoms with Gasteiger partial charge in [0.15, 0.2) is 12.4 Å². The maximum Gasteiger partial charge on any atom is 0.343 e. The molecule has 6 nitrogen and oxygen atoms in total. The Labute approximate surface area is 133 Å². The lowest BCUT2D eigenvalue weighted by Crippen LogP contribution is -2.14. The maximum absolute atomic E-state index is 14.2. The van der Waals surface area contributed by atoms with Crippen LogP contribution in [-0.2, 0) is 9.53 Å². The summed E-state index contributed by atoms with van der Waals surface area (Å²) in [6.45, 7) is -0.589. The van der Waals surface area contributed by atoms with E-state index in [-0.39, 0.29) is 0 Å². The van der Waals surface area contributed by atoms with Crippen LogP contribution in [0.1, 0.15) is 37.7 Å². The van der Waals surface area contributed by atoms with Crippen molar-refractivity contribution in [3.63, 3.8) is 0 Å². The predicted molar refractivity (Wildman–Crippen MR) is 81.6 cm³/mol. The van der Waals surface area contributed by atoms with Crippen LogP contribution in [0.2, 0.25) is 0 Å². The number of ether oxygens (including phenoxy) is 2. The van der Waals surface area contributed by atoms with Gasteiger partial charge in [0.25, 0.3) is 0 Å². The van der Waals surface area contributed by atoms with Crippen molar-refractivity contribution in [2.24, 2.45) is 0 Å². The van der Waals surface area contributed by atoms with Crippen LogP contribution in [0.4, 0.5) is 10.1 Å². The van der Waals surface area contributed by atoms with Gasteiger partial charge in [0.2, 0.25) is 5.75 Å². The van der Waals surface area contributed by atoms with E-state index in [2.05, 4.69) is 4.74 Å². The van der Waals surface area contributed by atoms with E-state index in [1.807, 2.05) is 0 Å². The molecule has 1 aromatic carbocycles. The van der Waals surface area contributed by atoms with Crippen molar-refractivity contribution in [3.05, 3.63) is 39.2 Å². The summed E-state index contributed by atoms with van der Waals surface area (Å²) in [4.78, 5) is 21.5. The molecule has 0 unspecified atom stereocenters. The topological polar surface area (TPSA) is 78.7 Å². The Morgan fingerprint density at radius 2 is 2.04 bits per heavy atom. The number of methoxy groups -OCH3 is 1. The van der Waals surface area contributed by atoms with Gasteiger partial charge >= 0.3 is 11.7 Å².